The van der Waals surface area contributed by atoms with Crippen LogP contribution in [0.15, 0.2) is 22.8 Å². The van der Waals surface area contributed by atoms with Crippen LogP contribution in [0.4, 0.5) is 0 Å². The van der Waals surface area contributed by atoms with Crippen LogP contribution in [0, 0.1) is 0 Å². The van der Waals surface area contributed by atoms with Crippen LogP contribution in [-0.2, 0) is 0 Å². The molecule has 0 bridgehead atoms. The molecule has 2 N–H and O–H groups in total. The van der Waals surface area contributed by atoms with Crippen molar-refractivity contribution in [2.24, 2.45) is 0 Å². The van der Waals surface area contributed by atoms with Crippen molar-refractivity contribution in [1.82, 2.24) is 5.32 Å². The fourth-order valence-corrected chi connectivity index (χ4v) is 1.90. The van der Waals surface area contributed by atoms with Crippen molar-refractivity contribution in [3.8, 4) is 0 Å². The Balaban J connectivity index is 2.07. The third-order valence-corrected chi connectivity index (χ3v) is 2.77. The van der Waals surface area contributed by atoms with E-state index >= 15 is 0 Å². The van der Waals surface area contributed by atoms with Crippen LogP contribution < -0.4 is 5.32 Å². The van der Waals surface area contributed by atoms with Crippen molar-refractivity contribution in [2.75, 3.05) is 13.2 Å². The van der Waals surface area contributed by atoms with Crippen molar-refractivity contribution in [3.05, 3.63) is 24.2 Å². The molecule has 0 spiro atoms. The van der Waals surface area contributed by atoms with Crippen molar-refractivity contribution in [3.63, 3.8) is 0 Å². The SMILES string of the molecule is CC1(CO)CC(c2ccco2)CN1. The average molecular weight is 181 g/mol. The van der Waals surface area contributed by atoms with Gasteiger partial charge in [0.2, 0.25) is 0 Å². The molecule has 72 valence electrons. The first-order valence-corrected chi connectivity index (χ1v) is 4.63. The Labute approximate surface area is 77.8 Å². The number of rotatable bonds is 2. The molecule has 1 saturated heterocycles. The summed E-state index contributed by atoms with van der Waals surface area (Å²) in [6.07, 6.45) is 2.64. The second-order valence-electron chi connectivity index (χ2n) is 4.02. The van der Waals surface area contributed by atoms with Crippen LogP contribution in [0.2, 0.25) is 0 Å². The van der Waals surface area contributed by atoms with E-state index in [9.17, 15) is 0 Å². The molecular weight excluding hydrogens is 166 g/mol. The highest BCUT2D eigenvalue weighted by Crippen LogP contribution is 2.31. The van der Waals surface area contributed by atoms with E-state index < -0.39 is 0 Å². The van der Waals surface area contributed by atoms with Gasteiger partial charge in [-0.15, -0.1) is 0 Å². The van der Waals surface area contributed by atoms with Gasteiger partial charge in [-0.2, -0.15) is 0 Å². The molecule has 2 heterocycles. The van der Waals surface area contributed by atoms with E-state index in [0.717, 1.165) is 18.7 Å². The number of aliphatic hydroxyl groups is 1. The number of furan rings is 1. The number of hydrogen-bond acceptors (Lipinski definition) is 3. The highest BCUT2D eigenvalue weighted by Gasteiger charge is 2.35. The molecule has 2 atom stereocenters. The van der Waals surface area contributed by atoms with Gasteiger partial charge in [0.15, 0.2) is 0 Å². The Morgan fingerprint density at radius 2 is 2.62 bits per heavy atom. The molecule has 1 fully saturated rings. The van der Waals surface area contributed by atoms with E-state index in [0.29, 0.717) is 5.92 Å². The van der Waals surface area contributed by atoms with E-state index in [1.165, 1.54) is 0 Å². The molecule has 1 aliphatic rings. The molecule has 0 aliphatic carbocycles. The fraction of sp³-hybridized carbons (Fsp3) is 0.600. The maximum Gasteiger partial charge on any atom is 0.108 e. The van der Waals surface area contributed by atoms with Crippen LogP contribution in [-0.4, -0.2) is 23.8 Å². The topological polar surface area (TPSA) is 45.4 Å². The first kappa shape index (κ1) is 8.78. The van der Waals surface area contributed by atoms with E-state index in [2.05, 4.69) is 5.32 Å². The molecule has 0 radical (unpaired) electrons. The molecule has 0 aromatic carbocycles. The standard InChI is InChI=1S/C10H15NO2/c1-10(7-12)5-8(6-11-10)9-3-2-4-13-9/h2-4,8,11-12H,5-7H2,1H3. The zero-order valence-electron chi connectivity index (χ0n) is 7.79. The number of nitrogens with one attached hydrogen (secondary N) is 1. The Kier molecular flexibility index (Phi) is 2.14. The van der Waals surface area contributed by atoms with Gasteiger partial charge in [-0.25, -0.2) is 0 Å². The first-order valence-electron chi connectivity index (χ1n) is 4.63. The molecule has 0 saturated carbocycles. The lowest BCUT2D eigenvalue weighted by molar-refractivity contribution is 0.190. The summed E-state index contributed by atoms with van der Waals surface area (Å²) in [7, 11) is 0. The van der Waals surface area contributed by atoms with Crippen LogP contribution >= 0.6 is 0 Å². The van der Waals surface area contributed by atoms with Crippen molar-refractivity contribution in [2.45, 2.75) is 24.8 Å². The lowest BCUT2D eigenvalue weighted by Crippen LogP contribution is -2.39. The summed E-state index contributed by atoms with van der Waals surface area (Å²) in [4.78, 5) is 0. The maximum atomic E-state index is 9.15. The highest BCUT2D eigenvalue weighted by molar-refractivity contribution is 5.11. The molecule has 3 heteroatoms. The summed E-state index contributed by atoms with van der Waals surface area (Å²) in [6.45, 7) is 3.12. The fourth-order valence-electron chi connectivity index (χ4n) is 1.90. The van der Waals surface area contributed by atoms with Gasteiger partial charge in [0, 0.05) is 18.0 Å². The van der Waals surface area contributed by atoms with E-state index in [1.54, 1.807) is 6.26 Å². The summed E-state index contributed by atoms with van der Waals surface area (Å²) in [5.74, 6) is 1.43. The molecule has 13 heavy (non-hydrogen) atoms. The third-order valence-electron chi connectivity index (χ3n) is 2.77. The molecule has 2 unspecified atom stereocenters. The summed E-state index contributed by atoms with van der Waals surface area (Å²) < 4.78 is 5.33. The Hall–Kier alpha value is -0.800. The molecule has 1 aromatic rings. The Bertz CT molecular complexity index is 270. The monoisotopic (exact) mass is 181 g/mol. The van der Waals surface area contributed by atoms with Crippen LogP contribution in [0.25, 0.3) is 0 Å². The van der Waals surface area contributed by atoms with Gasteiger partial charge in [-0.1, -0.05) is 0 Å². The van der Waals surface area contributed by atoms with Gasteiger partial charge >= 0.3 is 0 Å². The average Bonchev–Trinajstić information content (AvgIpc) is 2.73. The van der Waals surface area contributed by atoms with E-state index in [1.807, 2.05) is 19.1 Å². The van der Waals surface area contributed by atoms with Crippen molar-refractivity contribution in [1.29, 1.82) is 0 Å². The lowest BCUT2D eigenvalue weighted by Gasteiger charge is -2.20. The Morgan fingerprint density at radius 1 is 1.77 bits per heavy atom. The van der Waals surface area contributed by atoms with Gasteiger partial charge in [0.05, 0.1) is 12.9 Å². The Morgan fingerprint density at radius 3 is 3.15 bits per heavy atom. The van der Waals surface area contributed by atoms with Gasteiger partial charge in [0.25, 0.3) is 0 Å². The van der Waals surface area contributed by atoms with Gasteiger partial charge in [0.1, 0.15) is 5.76 Å². The van der Waals surface area contributed by atoms with Gasteiger partial charge in [-0.05, 0) is 25.5 Å². The van der Waals surface area contributed by atoms with Crippen molar-refractivity contribution < 1.29 is 9.52 Å². The molecule has 0 amide bonds. The minimum Gasteiger partial charge on any atom is -0.469 e. The second-order valence-corrected chi connectivity index (χ2v) is 4.02. The lowest BCUT2D eigenvalue weighted by atomic mass is 9.94. The van der Waals surface area contributed by atoms with Crippen LogP contribution in [0.5, 0.6) is 0 Å². The smallest absolute Gasteiger partial charge is 0.108 e. The highest BCUT2D eigenvalue weighted by atomic mass is 16.3. The molecule has 2 rings (SSSR count). The zero-order chi connectivity index (χ0) is 9.31. The van der Waals surface area contributed by atoms with Gasteiger partial charge in [-0.3, -0.25) is 0 Å². The maximum absolute atomic E-state index is 9.15. The van der Waals surface area contributed by atoms with Gasteiger partial charge < -0.3 is 14.8 Å². The second kappa shape index (κ2) is 3.16. The first-order chi connectivity index (χ1) is 6.23. The van der Waals surface area contributed by atoms with Crippen LogP contribution in [0.1, 0.15) is 25.0 Å². The molecule has 1 aromatic heterocycles. The predicted molar refractivity (Wildman–Crippen MR) is 49.6 cm³/mol. The number of hydrogen-bond donors (Lipinski definition) is 2. The molecule has 3 nitrogen and oxygen atoms in total. The molecule has 1 aliphatic heterocycles. The van der Waals surface area contributed by atoms with Crippen LogP contribution in [0.3, 0.4) is 0 Å². The van der Waals surface area contributed by atoms with E-state index in [-0.39, 0.29) is 12.1 Å². The zero-order valence-corrected chi connectivity index (χ0v) is 7.79. The largest absolute Gasteiger partial charge is 0.469 e. The quantitative estimate of drug-likeness (QED) is 0.718. The van der Waals surface area contributed by atoms with Crippen molar-refractivity contribution >= 4 is 0 Å². The minimum atomic E-state index is -0.128. The van der Waals surface area contributed by atoms with E-state index in [4.69, 9.17) is 9.52 Å². The third kappa shape index (κ3) is 1.62. The summed E-state index contributed by atoms with van der Waals surface area (Å²) in [5.41, 5.74) is -0.128. The summed E-state index contributed by atoms with van der Waals surface area (Å²) >= 11 is 0. The number of aliphatic hydroxyl groups excluding tert-OH is 1. The molecular formula is C10H15NO2. The predicted octanol–water partition coefficient (Wildman–Crippen LogP) is 1.11. The normalized spacial score (nSPS) is 33.8. The minimum absolute atomic E-state index is 0.128. The summed E-state index contributed by atoms with van der Waals surface area (Å²) in [5, 5.41) is 12.5. The summed E-state index contributed by atoms with van der Waals surface area (Å²) in [6, 6.07) is 3.90.